The van der Waals surface area contributed by atoms with Crippen molar-refractivity contribution < 1.29 is 9.84 Å². The van der Waals surface area contributed by atoms with E-state index in [-0.39, 0.29) is 6.61 Å². The summed E-state index contributed by atoms with van der Waals surface area (Å²) in [5.41, 5.74) is 4.08. The van der Waals surface area contributed by atoms with E-state index in [4.69, 9.17) is 9.84 Å². The topological polar surface area (TPSA) is 76.3 Å². The van der Waals surface area contributed by atoms with E-state index >= 15 is 0 Å². The summed E-state index contributed by atoms with van der Waals surface area (Å²) in [4.78, 5) is 10.6. The van der Waals surface area contributed by atoms with Crippen LogP contribution in [0.4, 0.5) is 5.69 Å². The summed E-state index contributed by atoms with van der Waals surface area (Å²) in [7, 11) is 4.03. The van der Waals surface area contributed by atoms with E-state index in [2.05, 4.69) is 44.2 Å². The Hall–Kier alpha value is -2.93. The molecule has 0 saturated heterocycles. The van der Waals surface area contributed by atoms with Crippen molar-refractivity contribution in [3.05, 3.63) is 54.2 Å². The Balaban J connectivity index is 1.97. The number of hydrogen-bond acceptors (Lipinski definition) is 6. The van der Waals surface area contributed by atoms with Gasteiger partial charge in [-0.25, -0.2) is 14.6 Å². The van der Waals surface area contributed by atoms with Crippen molar-refractivity contribution >= 4 is 5.69 Å². The number of aliphatic hydroxyl groups excluding tert-OH is 1. The van der Waals surface area contributed by atoms with Crippen LogP contribution in [0.5, 0.6) is 5.88 Å². The van der Waals surface area contributed by atoms with Gasteiger partial charge in [0.15, 0.2) is 5.82 Å². The maximum absolute atomic E-state index is 9.10. The molecule has 26 heavy (non-hydrogen) atoms. The molecule has 0 bridgehead atoms. The van der Waals surface area contributed by atoms with Crippen molar-refractivity contribution in [2.75, 3.05) is 25.6 Å². The van der Waals surface area contributed by atoms with Crippen molar-refractivity contribution in [3.8, 4) is 17.0 Å². The largest absolute Gasteiger partial charge is 0.478 e. The van der Waals surface area contributed by atoms with Crippen LogP contribution in [0.1, 0.15) is 18.3 Å². The van der Waals surface area contributed by atoms with Gasteiger partial charge in [-0.1, -0.05) is 12.1 Å². The second kappa shape index (κ2) is 7.97. The van der Waals surface area contributed by atoms with Crippen molar-refractivity contribution in [1.82, 2.24) is 19.7 Å². The lowest BCUT2D eigenvalue weighted by Crippen LogP contribution is -2.08. The number of anilines is 1. The summed E-state index contributed by atoms with van der Waals surface area (Å²) in [5, 5.41) is 13.3. The first-order valence-corrected chi connectivity index (χ1v) is 8.49. The molecule has 1 N–H and O–H groups in total. The fourth-order valence-corrected chi connectivity index (χ4v) is 2.66. The third kappa shape index (κ3) is 4.00. The molecular formula is C19H23N5O2. The Kier molecular flexibility index (Phi) is 5.48. The van der Waals surface area contributed by atoms with Gasteiger partial charge in [-0.15, -0.1) is 0 Å². The smallest absolute Gasteiger partial charge is 0.221 e. The molecule has 0 aliphatic carbocycles. The fraction of sp³-hybridized carbons (Fsp3) is 0.316. The maximum Gasteiger partial charge on any atom is 0.221 e. The zero-order valence-electron chi connectivity index (χ0n) is 15.3. The Morgan fingerprint density at radius 2 is 2.04 bits per heavy atom. The number of nitrogens with zero attached hydrogens (tertiary/aromatic N) is 5. The van der Waals surface area contributed by atoms with E-state index < -0.39 is 0 Å². The molecule has 0 amide bonds. The van der Waals surface area contributed by atoms with Gasteiger partial charge in [0.1, 0.15) is 12.9 Å². The molecule has 3 aromatic rings. The summed E-state index contributed by atoms with van der Waals surface area (Å²) in [5.74, 6) is 1.02. The van der Waals surface area contributed by atoms with Crippen LogP contribution in [0.25, 0.3) is 11.1 Å². The van der Waals surface area contributed by atoms with Gasteiger partial charge in [-0.3, -0.25) is 0 Å². The van der Waals surface area contributed by atoms with Crippen molar-refractivity contribution in [2.24, 2.45) is 0 Å². The molecule has 3 rings (SSSR count). The molecule has 0 aliphatic rings. The summed E-state index contributed by atoms with van der Waals surface area (Å²) >= 11 is 0. The standard InChI is InChI=1S/C19H23N5O2/c1-4-26-19-17(15-6-5-7-16(9-15)23(2)3)8-14(10-20-19)11-24-13-21-18(12-25)22-24/h5-10,13,25H,4,11-12H2,1-3H3. The third-order valence-electron chi connectivity index (χ3n) is 3.93. The van der Waals surface area contributed by atoms with Gasteiger partial charge in [0, 0.05) is 31.5 Å². The lowest BCUT2D eigenvalue weighted by Gasteiger charge is -2.15. The molecule has 2 heterocycles. The summed E-state index contributed by atoms with van der Waals surface area (Å²) in [6, 6.07) is 10.3. The Bertz CT molecular complexity index is 876. The Labute approximate surface area is 152 Å². The summed E-state index contributed by atoms with van der Waals surface area (Å²) in [6.45, 7) is 2.85. The van der Waals surface area contributed by atoms with Crippen LogP contribution < -0.4 is 9.64 Å². The fourth-order valence-electron chi connectivity index (χ4n) is 2.66. The van der Waals surface area contributed by atoms with E-state index in [1.165, 1.54) is 0 Å². The van der Waals surface area contributed by atoms with Gasteiger partial charge >= 0.3 is 0 Å². The highest BCUT2D eigenvalue weighted by Crippen LogP contribution is 2.31. The van der Waals surface area contributed by atoms with Crippen LogP contribution in [0.3, 0.4) is 0 Å². The molecule has 7 nitrogen and oxygen atoms in total. The number of rotatable bonds is 7. The van der Waals surface area contributed by atoms with Crippen molar-refractivity contribution in [3.63, 3.8) is 0 Å². The van der Waals surface area contributed by atoms with E-state index in [1.54, 1.807) is 17.2 Å². The monoisotopic (exact) mass is 353 g/mol. The molecule has 0 radical (unpaired) electrons. The average Bonchev–Trinajstić information content (AvgIpc) is 3.11. The van der Waals surface area contributed by atoms with Crippen molar-refractivity contribution in [1.29, 1.82) is 0 Å². The highest BCUT2D eigenvalue weighted by Gasteiger charge is 2.11. The van der Waals surface area contributed by atoms with Crippen molar-refractivity contribution in [2.45, 2.75) is 20.1 Å². The van der Waals surface area contributed by atoms with Gasteiger partial charge < -0.3 is 14.7 Å². The zero-order valence-corrected chi connectivity index (χ0v) is 15.3. The predicted octanol–water partition coefficient (Wildman–Crippen LogP) is 2.35. The van der Waals surface area contributed by atoms with Gasteiger partial charge in [0.2, 0.25) is 5.88 Å². The molecule has 7 heteroatoms. The van der Waals surface area contributed by atoms with Gasteiger partial charge in [0.25, 0.3) is 0 Å². The first-order valence-electron chi connectivity index (χ1n) is 8.49. The van der Waals surface area contributed by atoms with E-state index in [0.29, 0.717) is 24.9 Å². The minimum atomic E-state index is -0.170. The van der Waals surface area contributed by atoms with E-state index in [0.717, 1.165) is 22.4 Å². The van der Waals surface area contributed by atoms with Crippen LogP contribution in [0.15, 0.2) is 42.9 Å². The second-order valence-electron chi connectivity index (χ2n) is 6.09. The SMILES string of the molecule is CCOc1ncc(Cn2cnc(CO)n2)cc1-c1cccc(N(C)C)c1. The summed E-state index contributed by atoms with van der Waals surface area (Å²) in [6.07, 6.45) is 3.39. The number of ether oxygens (including phenoxy) is 1. The van der Waals surface area contributed by atoms with Crippen LogP contribution in [0, 0.1) is 0 Å². The average molecular weight is 353 g/mol. The first-order chi connectivity index (χ1) is 12.6. The molecule has 1 aromatic carbocycles. The molecule has 0 atom stereocenters. The van der Waals surface area contributed by atoms with Crippen LogP contribution in [-0.2, 0) is 13.2 Å². The molecule has 0 fully saturated rings. The Morgan fingerprint density at radius 1 is 1.19 bits per heavy atom. The zero-order chi connectivity index (χ0) is 18.5. The minimum absolute atomic E-state index is 0.170. The molecule has 136 valence electrons. The summed E-state index contributed by atoms with van der Waals surface area (Å²) < 4.78 is 7.41. The maximum atomic E-state index is 9.10. The molecular weight excluding hydrogens is 330 g/mol. The Morgan fingerprint density at radius 3 is 2.73 bits per heavy atom. The third-order valence-corrected chi connectivity index (χ3v) is 3.93. The number of hydrogen-bond donors (Lipinski definition) is 1. The second-order valence-corrected chi connectivity index (χ2v) is 6.09. The number of pyridine rings is 1. The number of benzene rings is 1. The molecule has 0 spiro atoms. The van der Waals surface area contributed by atoms with Gasteiger partial charge in [0.05, 0.1) is 13.2 Å². The highest BCUT2D eigenvalue weighted by molar-refractivity contribution is 5.72. The van der Waals surface area contributed by atoms with E-state index in [1.807, 2.05) is 27.1 Å². The first kappa shape index (κ1) is 17.9. The molecule has 0 unspecified atom stereocenters. The van der Waals surface area contributed by atoms with Crippen LogP contribution in [0.2, 0.25) is 0 Å². The molecule has 0 aliphatic heterocycles. The quantitative estimate of drug-likeness (QED) is 0.703. The predicted molar refractivity (Wildman–Crippen MR) is 100 cm³/mol. The molecule has 0 saturated carbocycles. The van der Waals surface area contributed by atoms with Gasteiger partial charge in [-0.05, 0) is 36.2 Å². The molecule has 2 aromatic heterocycles. The number of aromatic nitrogens is 4. The lowest BCUT2D eigenvalue weighted by molar-refractivity contribution is 0.271. The van der Waals surface area contributed by atoms with Crippen LogP contribution >= 0.6 is 0 Å². The highest BCUT2D eigenvalue weighted by atomic mass is 16.5. The van der Waals surface area contributed by atoms with Gasteiger partial charge in [-0.2, -0.15) is 5.10 Å². The minimum Gasteiger partial charge on any atom is -0.478 e. The number of aliphatic hydroxyl groups is 1. The lowest BCUT2D eigenvalue weighted by atomic mass is 10.0. The van der Waals surface area contributed by atoms with Crippen LogP contribution in [-0.4, -0.2) is 45.6 Å². The van der Waals surface area contributed by atoms with E-state index in [9.17, 15) is 0 Å². The normalized spacial score (nSPS) is 10.8.